The van der Waals surface area contributed by atoms with E-state index in [1.165, 1.54) is 34.6 Å². The van der Waals surface area contributed by atoms with Crippen molar-refractivity contribution in [1.82, 2.24) is 0 Å². The molecule has 0 aliphatic carbocycles. The van der Waals surface area contributed by atoms with E-state index in [-0.39, 0.29) is 0 Å². The van der Waals surface area contributed by atoms with Crippen LogP contribution in [0.2, 0.25) is 5.32 Å². The van der Waals surface area contributed by atoms with E-state index < -0.39 is 0 Å². The third-order valence-corrected chi connectivity index (χ3v) is 4.47. The maximum atomic E-state index is 3.84. The molecule has 0 N–H and O–H groups in total. The zero-order chi connectivity index (χ0) is 10.2. The van der Waals surface area contributed by atoms with Gasteiger partial charge in [-0.3, -0.25) is 0 Å². The van der Waals surface area contributed by atoms with Crippen LogP contribution in [-0.4, -0.2) is 15.0 Å². The molecule has 1 heteroatoms. The van der Waals surface area contributed by atoms with Crippen molar-refractivity contribution >= 4 is 21.0 Å². The fourth-order valence-corrected chi connectivity index (χ4v) is 3.64. The summed E-state index contributed by atoms with van der Waals surface area (Å²) in [4.78, 5) is 0. The van der Waals surface area contributed by atoms with Gasteiger partial charge in [-0.15, -0.1) is 0 Å². The number of hydrogen-bond acceptors (Lipinski definition) is 0. The maximum absolute atomic E-state index is 3.84. The van der Waals surface area contributed by atoms with Crippen LogP contribution in [-0.2, 0) is 5.32 Å². The van der Waals surface area contributed by atoms with E-state index in [1.54, 1.807) is 0 Å². The molecule has 0 fully saturated rings. The Kier molecular flexibility index (Phi) is 5.66. The Labute approximate surface area is 93.6 Å². The van der Waals surface area contributed by atoms with Gasteiger partial charge in [-0.25, -0.2) is 0 Å². The summed E-state index contributed by atoms with van der Waals surface area (Å²) in [5, 5.41) is 2.67. The summed E-state index contributed by atoms with van der Waals surface area (Å²) in [6, 6.07) is 8.58. The molecule has 0 heterocycles. The summed E-state index contributed by atoms with van der Waals surface area (Å²) >= 11 is 0.773. The standard InChI is InChI=1S/C13H18Se/c1-3-5-10-14-11-13-9-7-6-8-12(13)4-2/h4,6-9H,2-3,5,10-11H2,1H3. The SMILES string of the molecule is C=Cc1ccccc1C[Se]CCCC. The molecule has 0 spiro atoms. The Morgan fingerprint density at radius 1 is 1.36 bits per heavy atom. The normalized spacial score (nSPS) is 10.1. The summed E-state index contributed by atoms with van der Waals surface area (Å²) in [6.45, 7) is 6.10. The third-order valence-electron chi connectivity index (χ3n) is 2.17. The van der Waals surface area contributed by atoms with Crippen LogP contribution < -0.4 is 0 Å². The van der Waals surface area contributed by atoms with Gasteiger partial charge in [-0.05, 0) is 0 Å². The predicted octanol–water partition coefficient (Wildman–Crippen LogP) is 3.75. The van der Waals surface area contributed by atoms with Crippen LogP contribution in [0.15, 0.2) is 30.8 Å². The molecule has 0 saturated carbocycles. The Morgan fingerprint density at radius 3 is 2.86 bits per heavy atom. The molecule has 0 aliphatic rings. The van der Waals surface area contributed by atoms with E-state index >= 15 is 0 Å². The quantitative estimate of drug-likeness (QED) is 0.535. The zero-order valence-corrected chi connectivity index (χ0v) is 10.5. The summed E-state index contributed by atoms with van der Waals surface area (Å²) in [7, 11) is 0. The van der Waals surface area contributed by atoms with Crippen molar-refractivity contribution in [2.75, 3.05) is 0 Å². The molecular formula is C13H18Se. The number of rotatable bonds is 6. The predicted molar refractivity (Wildman–Crippen MR) is 65.7 cm³/mol. The molecule has 1 aromatic carbocycles. The summed E-state index contributed by atoms with van der Waals surface area (Å²) in [5.74, 6) is 0. The van der Waals surface area contributed by atoms with E-state index in [4.69, 9.17) is 0 Å². The van der Waals surface area contributed by atoms with E-state index in [0.29, 0.717) is 0 Å². The molecule has 0 atom stereocenters. The molecule has 0 bridgehead atoms. The van der Waals surface area contributed by atoms with Crippen LogP contribution in [0.4, 0.5) is 0 Å². The molecule has 0 aliphatic heterocycles. The van der Waals surface area contributed by atoms with Gasteiger partial charge in [0, 0.05) is 0 Å². The molecule has 0 radical (unpaired) electrons. The van der Waals surface area contributed by atoms with Gasteiger partial charge in [0.1, 0.15) is 0 Å². The molecule has 0 aromatic heterocycles. The van der Waals surface area contributed by atoms with Crippen molar-refractivity contribution in [1.29, 1.82) is 0 Å². The monoisotopic (exact) mass is 254 g/mol. The zero-order valence-electron chi connectivity index (χ0n) is 8.83. The second kappa shape index (κ2) is 6.86. The molecule has 14 heavy (non-hydrogen) atoms. The number of benzene rings is 1. The average Bonchev–Trinajstić information content (AvgIpc) is 2.25. The van der Waals surface area contributed by atoms with E-state index in [2.05, 4.69) is 37.8 Å². The van der Waals surface area contributed by atoms with Gasteiger partial charge in [0.25, 0.3) is 0 Å². The van der Waals surface area contributed by atoms with Gasteiger partial charge in [-0.2, -0.15) is 0 Å². The van der Waals surface area contributed by atoms with Gasteiger partial charge < -0.3 is 0 Å². The van der Waals surface area contributed by atoms with Gasteiger partial charge >= 0.3 is 93.4 Å². The first-order valence-electron chi connectivity index (χ1n) is 5.16. The van der Waals surface area contributed by atoms with Crippen LogP contribution in [0.1, 0.15) is 30.9 Å². The number of hydrogen-bond donors (Lipinski definition) is 0. The van der Waals surface area contributed by atoms with Gasteiger partial charge in [0.15, 0.2) is 0 Å². The molecule has 0 nitrogen and oxygen atoms in total. The van der Waals surface area contributed by atoms with Crippen molar-refractivity contribution in [2.24, 2.45) is 0 Å². The fraction of sp³-hybridized carbons (Fsp3) is 0.385. The van der Waals surface area contributed by atoms with Crippen molar-refractivity contribution in [3.63, 3.8) is 0 Å². The molecule has 76 valence electrons. The second-order valence-electron chi connectivity index (χ2n) is 3.31. The minimum atomic E-state index is 0.773. The average molecular weight is 253 g/mol. The van der Waals surface area contributed by atoms with Gasteiger partial charge in [-0.1, -0.05) is 0 Å². The molecule has 0 amide bonds. The topological polar surface area (TPSA) is 0 Å². The van der Waals surface area contributed by atoms with Gasteiger partial charge in [0.2, 0.25) is 0 Å². The van der Waals surface area contributed by atoms with Crippen molar-refractivity contribution in [3.8, 4) is 0 Å². The third kappa shape index (κ3) is 3.69. The Bertz CT molecular complexity index is 278. The fourth-order valence-electron chi connectivity index (χ4n) is 1.29. The Morgan fingerprint density at radius 2 is 2.14 bits per heavy atom. The van der Waals surface area contributed by atoms with Gasteiger partial charge in [0.05, 0.1) is 0 Å². The molecule has 1 aromatic rings. The van der Waals surface area contributed by atoms with Crippen molar-refractivity contribution < 1.29 is 0 Å². The first kappa shape index (κ1) is 11.6. The summed E-state index contributed by atoms with van der Waals surface area (Å²) < 4.78 is 0. The van der Waals surface area contributed by atoms with Crippen LogP contribution in [0, 0.1) is 0 Å². The molecule has 0 saturated heterocycles. The van der Waals surface area contributed by atoms with E-state index in [1.807, 2.05) is 6.08 Å². The molecule has 1 rings (SSSR count). The van der Waals surface area contributed by atoms with E-state index in [0.717, 1.165) is 15.0 Å². The minimum absolute atomic E-state index is 0.773. The second-order valence-corrected chi connectivity index (χ2v) is 5.63. The summed E-state index contributed by atoms with van der Waals surface area (Å²) in [5.41, 5.74) is 2.78. The van der Waals surface area contributed by atoms with Crippen LogP contribution >= 0.6 is 0 Å². The molecular weight excluding hydrogens is 235 g/mol. The molecule has 0 unspecified atom stereocenters. The van der Waals surface area contributed by atoms with E-state index in [9.17, 15) is 0 Å². The first-order chi connectivity index (χ1) is 6.88. The first-order valence-corrected chi connectivity index (χ1v) is 7.58. The number of unbranched alkanes of at least 4 members (excludes halogenated alkanes) is 1. The van der Waals surface area contributed by atoms with Crippen LogP contribution in [0.25, 0.3) is 6.08 Å². The Balaban J connectivity index is 2.45. The Hall–Kier alpha value is -0.521. The van der Waals surface area contributed by atoms with Crippen LogP contribution in [0.5, 0.6) is 0 Å². The summed E-state index contributed by atoms with van der Waals surface area (Å²) in [6.07, 6.45) is 4.67. The van der Waals surface area contributed by atoms with Crippen molar-refractivity contribution in [2.45, 2.75) is 30.4 Å². The van der Waals surface area contributed by atoms with Crippen molar-refractivity contribution in [3.05, 3.63) is 42.0 Å². The van der Waals surface area contributed by atoms with Crippen LogP contribution in [0.3, 0.4) is 0 Å².